The molecule has 0 N–H and O–H groups in total. The van der Waals surface area contributed by atoms with Gasteiger partial charge in [-0.2, -0.15) is 0 Å². The molecule has 0 saturated heterocycles. The number of aryl methyl sites for hydroxylation is 3. The minimum Gasteiger partial charge on any atom is -0.354 e. The van der Waals surface area contributed by atoms with E-state index in [1.165, 1.54) is 44.8 Å². The minimum atomic E-state index is 0.871. The van der Waals surface area contributed by atoms with Crippen LogP contribution in [0, 0.1) is 6.92 Å². The Bertz CT molecular complexity index is 790. The highest BCUT2D eigenvalue weighted by Gasteiger charge is 2.23. The van der Waals surface area contributed by atoms with Gasteiger partial charge in [-0.1, -0.05) is 6.07 Å². The third-order valence-corrected chi connectivity index (χ3v) is 6.04. The molecule has 0 bridgehead atoms. The zero-order valence-corrected chi connectivity index (χ0v) is 13.9. The van der Waals surface area contributed by atoms with Crippen molar-refractivity contribution in [2.75, 3.05) is 11.9 Å². The summed E-state index contributed by atoms with van der Waals surface area (Å²) in [4.78, 5) is 15.8. The van der Waals surface area contributed by atoms with Crippen LogP contribution >= 0.6 is 22.7 Å². The van der Waals surface area contributed by atoms with Crippen LogP contribution in [0.3, 0.4) is 0 Å². The lowest BCUT2D eigenvalue weighted by molar-refractivity contribution is 0.897. The molecular formula is C16H17N3S2. The molecular weight excluding hydrogens is 298 g/mol. The van der Waals surface area contributed by atoms with E-state index in [0.29, 0.717) is 0 Å². The lowest BCUT2D eigenvalue weighted by atomic mass is 10.2. The van der Waals surface area contributed by atoms with Crippen LogP contribution < -0.4 is 4.90 Å². The van der Waals surface area contributed by atoms with E-state index >= 15 is 0 Å². The summed E-state index contributed by atoms with van der Waals surface area (Å²) >= 11 is 3.67. The first kappa shape index (κ1) is 13.2. The largest absolute Gasteiger partial charge is 0.354 e. The zero-order valence-electron chi connectivity index (χ0n) is 12.2. The van der Waals surface area contributed by atoms with Crippen LogP contribution in [0.15, 0.2) is 17.5 Å². The predicted octanol–water partition coefficient (Wildman–Crippen LogP) is 4.19. The highest BCUT2D eigenvalue weighted by molar-refractivity contribution is 7.19. The van der Waals surface area contributed by atoms with Crippen molar-refractivity contribution >= 4 is 38.7 Å². The van der Waals surface area contributed by atoms with Gasteiger partial charge in [-0.15, -0.1) is 22.7 Å². The Hall–Kier alpha value is -1.46. The molecule has 0 fully saturated rings. The third kappa shape index (κ3) is 2.24. The monoisotopic (exact) mass is 315 g/mol. The Labute approximate surface area is 132 Å². The molecule has 0 unspecified atom stereocenters. The van der Waals surface area contributed by atoms with Gasteiger partial charge in [-0.25, -0.2) is 9.97 Å². The van der Waals surface area contributed by atoms with Gasteiger partial charge >= 0.3 is 0 Å². The number of thiophene rings is 2. The first-order chi connectivity index (χ1) is 10.2. The second-order valence-corrected chi connectivity index (χ2v) is 7.68. The van der Waals surface area contributed by atoms with Gasteiger partial charge in [0.1, 0.15) is 16.5 Å². The molecule has 0 atom stereocenters. The smallest absolute Gasteiger partial charge is 0.141 e. The van der Waals surface area contributed by atoms with Gasteiger partial charge in [0.2, 0.25) is 0 Å². The quantitative estimate of drug-likeness (QED) is 0.726. The number of hydrogen-bond acceptors (Lipinski definition) is 5. The average Bonchev–Trinajstić information content (AvgIpc) is 3.13. The molecule has 0 radical (unpaired) electrons. The fraction of sp³-hybridized carbons (Fsp3) is 0.375. The summed E-state index contributed by atoms with van der Waals surface area (Å²) in [7, 11) is 2.14. The average molecular weight is 315 g/mol. The van der Waals surface area contributed by atoms with Gasteiger partial charge in [-0.05, 0) is 43.2 Å². The summed E-state index contributed by atoms with van der Waals surface area (Å²) in [6.07, 6.45) is 3.67. The molecule has 1 aliphatic rings. The van der Waals surface area contributed by atoms with Crippen LogP contribution in [0.4, 0.5) is 5.82 Å². The van der Waals surface area contributed by atoms with E-state index in [1.807, 2.05) is 18.3 Å². The molecule has 0 spiro atoms. The molecule has 3 aromatic rings. The van der Waals surface area contributed by atoms with E-state index in [2.05, 4.69) is 34.4 Å². The highest BCUT2D eigenvalue weighted by Crippen LogP contribution is 2.40. The van der Waals surface area contributed by atoms with Gasteiger partial charge in [0, 0.05) is 16.8 Å². The minimum absolute atomic E-state index is 0.871. The molecule has 3 nitrogen and oxygen atoms in total. The SMILES string of the molecule is Cc1nc(N(C)Cc2cccs2)c2c3c(sc2n1)CCC3. The van der Waals surface area contributed by atoms with Crippen molar-refractivity contribution in [3.63, 3.8) is 0 Å². The first-order valence-corrected chi connectivity index (χ1v) is 8.94. The van der Waals surface area contributed by atoms with E-state index in [-0.39, 0.29) is 0 Å². The number of anilines is 1. The molecule has 5 heteroatoms. The fourth-order valence-corrected chi connectivity index (χ4v) is 5.13. The molecule has 108 valence electrons. The summed E-state index contributed by atoms with van der Waals surface area (Å²) in [5.41, 5.74) is 1.50. The Balaban J connectivity index is 1.83. The Morgan fingerprint density at radius 2 is 2.19 bits per heavy atom. The first-order valence-electron chi connectivity index (χ1n) is 7.25. The number of nitrogens with zero attached hydrogens (tertiary/aromatic N) is 3. The number of aromatic nitrogens is 2. The molecule has 0 amide bonds. The van der Waals surface area contributed by atoms with E-state index in [4.69, 9.17) is 4.98 Å². The second kappa shape index (κ2) is 5.07. The Kier molecular flexibility index (Phi) is 3.19. The zero-order chi connectivity index (χ0) is 14.4. The predicted molar refractivity (Wildman–Crippen MR) is 90.6 cm³/mol. The van der Waals surface area contributed by atoms with Crippen LogP contribution in [0.25, 0.3) is 10.2 Å². The molecule has 3 heterocycles. The van der Waals surface area contributed by atoms with Crippen LogP contribution in [0.2, 0.25) is 0 Å². The summed E-state index contributed by atoms with van der Waals surface area (Å²) < 4.78 is 0. The van der Waals surface area contributed by atoms with Crippen LogP contribution in [0.1, 0.15) is 27.6 Å². The third-order valence-electron chi connectivity index (χ3n) is 3.99. The standard InChI is InChI=1S/C16H17N3S2/c1-10-17-15(19(2)9-11-5-4-8-20-11)14-12-6-3-7-13(12)21-16(14)18-10/h4-5,8H,3,6-7,9H2,1-2H3. The van der Waals surface area contributed by atoms with Crippen molar-refractivity contribution < 1.29 is 0 Å². The van der Waals surface area contributed by atoms with Crippen LogP contribution in [-0.4, -0.2) is 17.0 Å². The van der Waals surface area contributed by atoms with Gasteiger partial charge < -0.3 is 4.90 Å². The van der Waals surface area contributed by atoms with E-state index in [0.717, 1.165) is 18.2 Å². The molecule has 0 saturated carbocycles. The summed E-state index contributed by atoms with van der Waals surface area (Å²) in [6, 6.07) is 4.29. The summed E-state index contributed by atoms with van der Waals surface area (Å²) in [5, 5.41) is 3.43. The van der Waals surface area contributed by atoms with Crippen molar-refractivity contribution in [2.24, 2.45) is 0 Å². The maximum atomic E-state index is 4.76. The number of hydrogen-bond donors (Lipinski definition) is 0. The lowest BCUT2D eigenvalue weighted by Gasteiger charge is -2.19. The fourth-order valence-electron chi connectivity index (χ4n) is 3.07. The molecule has 21 heavy (non-hydrogen) atoms. The molecule has 0 aliphatic heterocycles. The normalized spacial score (nSPS) is 13.8. The maximum absolute atomic E-state index is 4.76. The topological polar surface area (TPSA) is 29.0 Å². The van der Waals surface area contributed by atoms with E-state index in [1.54, 1.807) is 11.3 Å². The van der Waals surface area contributed by atoms with Crippen molar-refractivity contribution in [3.05, 3.63) is 38.7 Å². The van der Waals surface area contributed by atoms with Gasteiger partial charge in [0.15, 0.2) is 0 Å². The Morgan fingerprint density at radius 3 is 3.00 bits per heavy atom. The van der Waals surface area contributed by atoms with Crippen molar-refractivity contribution in [2.45, 2.75) is 32.7 Å². The summed E-state index contributed by atoms with van der Waals surface area (Å²) in [6.45, 7) is 2.90. The molecule has 0 aromatic carbocycles. The number of fused-ring (bicyclic) bond motifs is 3. The van der Waals surface area contributed by atoms with Crippen LogP contribution in [0.5, 0.6) is 0 Å². The summed E-state index contributed by atoms with van der Waals surface area (Å²) in [5.74, 6) is 1.97. The van der Waals surface area contributed by atoms with E-state index < -0.39 is 0 Å². The van der Waals surface area contributed by atoms with Gasteiger partial charge in [0.25, 0.3) is 0 Å². The highest BCUT2D eigenvalue weighted by atomic mass is 32.1. The van der Waals surface area contributed by atoms with Gasteiger partial charge in [-0.3, -0.25) is 0 Å². The van der Waals surface area contributed by atoms with Crippen LogP contribution in [-0.2, 0) is 19.4 Å². The van der Waals surface area contributed by atoms with E-state index in [9.17, 15) is 0 Å². The number of rotatable bonds is 3. The van der Waals surface area contributed by atoms with Gasteiger partial charge in [0.05, 0.1) is 11.9 Å². The second-order valence-electron chi connectivity index (χ2n) is 5.57. The molecule has 3 aromatic heterocycles. The Morgan fingerprint density at radius 1 is 1.29 bits per heavy atom. The maximum Gasteiger partial charge on any atom is 0.141 e. The van der Waals surface area contributed by atoms with Crippen molar-refractivity contribution in [3.8, 4) is 0 Å². The van der Waals surface area contributed by atoms with Crippen molar-refractivity contribution in [1.82, 2.24) is 9.97 Å². The molecule has 4 rings (SSSR count). The molecule has 1 aliphatic carbocycles. The lowest BCUT2D eigenvalue weighted by Crippen LogP contribution is -2.18. The van der Waals surface area contributed by atoms with Crippen molar-refractivity contribution in [1.29, 1.82) is 0 Å².